The third kappa shape index (κ3) is 1.95. The maximum atomic E-state index is 5.61. The smallest absolute Gasteiger partial charge is 0.102 e. The molecule has 1 aromatic rings. The normalized spacial score (nSPS) is 10.0. The van der Waals surface area contributed by atoms with Crippen LogP contribution in [0.2, 0.25) is 5.02 Å². The largest absolute Gasteiger partial charge is 0.299 e. The van der Waals surface area contributed by atoms with Crippen molar-refractivity contribution >= 4 is 22.9 Å². The van der Waals surface area contributed by atoms with Crippen LogP contribution in [0.3, 0.4) is 0 Å². The molecule has 0 amide bonds. The van der Waals surface area contributed by atoms with Gasteiger partial charge in [0.2, 0.25) is 0 Å². The fraction of sp³-hybridized carbons (Fsp3) is 0.200. The van der Waals surface area contributed by atoms with Gasteiger partial charge in [-0.2, -0.15) is 0 Å². The average molecular weight is 164 g/mol. The van der Waals surface area contributed by atoms with Crippen LogP contribution in [0.25, 0.3) is 0 Å². The molecule has 0 aromatic carbocycles. The summed E-state index contributed by atoms with van der Waals surface area (Å²) in [6.45, 7) is 0.442. The summed E-state index contributed by atoms with van der Waals surface area (Å²) in [5.41, 5.74) is 0. The van der Waals surface area contributed by atoms with Gasteiger partial charge in [0.1, 0.15) is 6.61 Å². The lowest BCUT2D eigenvalue weighted by Crippen LogP contribution is -1.96. The average Bonchev–Trinajstić information content (AvgIpc) is 2.17. The molecule has 0 saturated carbocycles. The van der Waals surface area contributed by atoms with E-state index in [0.29, 0.717) is 6.61 Å². The van der Waals surface area contributed by atoms with Gasteiger partial charge in [-0.05, 0) is 6.07 Å². The van der Waals surface area contributed by atoms with Gasteiger partial charge in [-0.15, -0.1) is 11.3 Å². The second kappa shape index (κ2) is 3.17. The highest BCUT2D eigenvalue weighted by Crippen LogP contribution is 2.18. The Balaban J connectivity index is 2.61. The van der Waals surface area contributed by atoms with E-state index >= 15 is 0 Å². The number of nitrogens with two attached hydrogens (primary N) is 1. The molecule has 50 valence electrons. The van der Waals surface area contributed by atoms with E-state index in [0.717, 1.165) is 9.90 Å². The zero-order chi connectivity index (χ0) is 6.69. The van der Waals surface area contributed by atoms with Gasteiger partial charge in [0, 0.05) is 10.3 Å². The van der Waals surface area contributed by atoms with Crippen LogP contribution >= 0.6 is 22.9 Å². The first-order valence-electron chi connectivity index (χ1n) is 2.37. The topological polar surface area (TPSA) is 35.2 Å². The van der Waals surface area contributed by atoms with E-state index in [4.69, 9.17) is 17.5 Å². The first-order chi connectivity index (χ1) is 4.33. The third-order valence-electron chi connectivity index (χ3n) is 0.847. The monoisotopic (exact) mass is 163 g/mol. The van der Waals surface area contributed by atoms with E-state index in [1.807, 2.05) is 11.4 Å². The van der Waals surface area contributed by atoms with Crippen LogP contribution in [-0.2, 0) is 11.4 Å². The summed E-state index contributed by atoms with van der Waals surface area (Å²) in [4.78, 5) is 5.44. The van der Waals surface area contributed by atoms with Gasteiger partial charge < -0.3 is 0 Å². The number of thiophene rings is 1. The molecule has 0 fully saturated rings. The quantitative estimate of drug-likeness (QED) is 0.675. The highest BCUT2D eigenvalue weighted by molar-refractivity contribution is 7.10. The summed E-state index contributed by atoms with van der Waals surface area (Å²) < 4.78 is 0. The van der Waals surface area contributed by atoms with Crippen molar-refractivity contribution in [1.82, 2.24) is 0 Å². The molecule has 0 atom stereocenters. The van der Waals surface area contributed by atoms with E-state index in [2.05, 4.69) is 4.84 Å². The van der Waals surface area contributed by atoms with E-state index < -0.39 is 0 Å². The predicted molar refractivity (Wildman–Crippen MR) is 38.3 cm³/mol. The summed E-state index contributed by atoms with van der Waals surface area (Å²) in [7, 11) is 0. The fourth-order valence-electron chi connectivity index (χ4n) is 0.512. The van der Waals surface area contributed by atoms with Gasteiger partial charge in [0.05, 0.1) is 5.02 Å². The van der Waals surface area contributed by atoms with Crippen molar-refractivity contribution in [3.8, 4) is 0 Å². The molecule has 2 nitrogen and oxygen atoms in total. The minimum atomic E-state index is 0.442. The molecule has 1 heterocycles. The number of hydrogen-bond acceptors (Lipinski definition) is 3. The zero-order valence-corrected chi connectivity index (χ0v) is 6.21. The van der Waals surface area contributed by atoms with E-state index in [1.165, 1.54) is 11.3 Å². The van der Waals surface area contributed by atoms with Gasteiger partial charge in [-0.3, -0.25) is 4.84 Å². The Hall–Kier alpha value is -0.0900. The van der Waals surface area contributed by atoms with Crippen molar-refractivity contribution in [2.45, 2.75) is 6.61 Å². The molecule has 0 spiro atoms. The second-order valence-electron chi connectivity index (χ2n) is 1.54. The van der Waals surface area contributed by atoms with Gasteiger partial charge >= 0.3 is 0 Å². The first-order valence-corrected chi connectivity index (χ1v) is 3.63. The minimum Gasteiger partial charge on any atom is -0.299 e. The molecule has 4 heteroatoms. The molecule has 0 aliphatic rings. The Morgan fingerprint density at radius 3 is 3.00 bits per heavy atom. The Morgan fingerprint density at radius 1 is 1.78 bits per heavy atom. The lowest BCUT2D eigenvalue weighted by molar-refractivity contribution is 0.126. The SMILES string of the molecule is NOCc1cc(Cl)cs1. The summed E-state index contributed by atoms with van der Waals surface area (Å²) >= 11 is 7.15. The van der Waals surface area contributed by atoms with Gasteiger partial charge in [0.15, 0.2) is 0 Å². The Bertz CT molecular complexity index is 189. The van der Waals surface area contributed by atoms with Crippen molar-refractivity contribution in [2.75, 3.05) is 0 Å². The van der Waals surface area contributed by atoms with Crippen molar-refractivity contribution in [1.29, 1.82) is 0 Å². The number of hydrogen-bond donors (Lipinski definition) is 1. The molecule has 2 N–H and O–H groups in total. The highest BCUT2D eigenvalue weighted by Gasteiger charge is 1.94. The van der Waals surface area contributed by atoms with Crippen LogP contribution in [0.15, 0.2) is 11.4 Å². The maximum absolute atomic E-state index is 5.61. The Kier molecular flexibility index (Phi) is 2.48. The van der Waals surface area contributed by atoms with Crippen LogP contribution in [0.1, 0.15) is 4.88 Å². The lowest BCUT2D eigenvalue weighted by Gasteiger charge is -1.88. The molecule has 0 unspecified atom stereocenters. The molecule has 0 radical (unpaired) electrons. The molecule has 1 aromatic heterocycles. The van der Waals surface area contributed by atoms with Gasteiger partial charge in [-0.1, -0.05) is 11.6 Å². The molecule has 9 heavy (non-hydrogen) atoms. The van der Waals surface area contributed by atoms with Gasteiger partial charge in [-0.25, -0.2) is 5.90 Å². The molecular weight excluding hydrogens is 158 g/mol. The standard InChI is InChI=1S/C5H6ClNOS/c6-4-1-5(2-8-7)9-3-4/h1,3H,2,7H2. The van der Waals surface area contributed by atoms with E-state index in [1.54, 1.807) is 0 Å². The van der Waals surface area contributed by atoms with Crippen LogP contribution in [0.5, 0.6) is 0 Å². The first kappa shape index (κ1) is 7.02. The lowest BCUT2D eigenvalue weighted by atomic mass is 10.5. The highest BCUT2D eigenvalue weighted by atomic mass is 35.5. The van der Waals surface area contributed by atoms with E-state index in [9.17, 15) is 0 Å². The molecule has 0 aliphatic carbocycles. The van der Waals surface area contributed by atoms with Crippen LogP contribution in [0.4, 0.5) is 0 Å². The fourth-order valence-corrected chi connectivity index (χ4v) is 1.50. The van der Waals surface area contributed by atoms with Crippen molar-refractivity contribution in [3.05, 3.63) is 21.3 Å². The molecule has 0 bridgehead atoms. The number of halogens is 1. The Labute approximate surface area is 62.1 Å². The van der Waals surface area contributed by atoms with Crippen LogP contribution < -0.4 is 5.90 Å². The van der Waals surface area contributed by atoms with Crippen LogP contribution in [-0.4, -0.2) is 0 Å². The second-order valence-corrected chi connectivity index (χ2v) is 2.97. The van der Waals surface area contributed by atoms with Crippen molar-refractivity contribution in [2.24, 2.45) is 5.90 Å². The summed E-state index contributed by atoms with van der Waals surface area (Å²) in [5.74, 6) is 4.83. The molecule has 0 aliphatic heterocycles. The maximum Gasteiger partial charge on any atom is 0.102 e. The Morgan fingerprint density at radius 2 is 2.56 bits per heavy atom. The zero-order valence-electron chi connectivity index (χ0n) is 4.63. The van der Waals surface area contributed by atoms with Gasteiger partial charge in [0.25, 0.3) is 0 Å². The summed E-state index contributed by atoms with van der Waals surface area (Å²) in [6, 6.07) is 1.83. The number of rotatable bonds is 2. The van der Waals surface area contributed by atoms with Crippen molar-refractivity contribution in [3.63, 3.8) is 0 Å². The van der Waals surface area contributed by atoms with Crippen LogP contribution in [0, 0.1) is 0 Å². The molecule has 1 rings (SSSR count). The molecule has 0 saturated heterocycles. The minimum absolute atomic E-state index is 0.442. The van der Waals surface area contributed by atoms with Crippen molar-refractivity contribution < 1.29 is 4.84 Å². The van der Waals surface area contributed by atoms with E-state index in [-0.39, 0.29) is 0 Å². The summed E-state index contributed by atoms with van der Waals surface area (Å²) in [5, 5.41) is 2.59. The molecular formula is C5H6ClNOS. The predicted octanol–water partition coefficient (Wildman–Crippen LogP) is 1.79. The summed E-state index contributed by atoms with van der Waals surface area (Å²) in [6.07, 6.45) is 0. The third-order valence-corrected chi connectivity index (χ3v) is 2.11.